The highest BCUT2D eigenvalue weighted by Gasteiger charge is 2.05. The molecule has 0 radical (unpaired) electrons. The largest absolute Gasteiger partial charge is 0.298 e. The molecule has 2 nitrogen and oxygen atoms in total. The smallest absolute Gasteiger partial charge is 0.150 e. The molecule has 0 aliphatic carbocycles. The molecular weight excluding hydrogens is 278 g/mol. The van der Waals surface area contributed by atoms with Crippen LogP contribution in [0.15, 0.2) is 33.9 Å². The summed E-state index contributed by atoms with van der Waals surface area (Å²) in [4.78, 5) is 15.1. The van der Waals surface area contributed by atoms with Crippen LogP contribution in [0.4, 0.5) is 0 Å². The van der Waals surface area contributed by atoms with Crippen molar-refractivity contribution in [1.29, 1.82) is 0 Å². The van der Waals surface area contributed by atoms with Crippen molar-refractivity contribution >= 4 is 27.9 Å². The third kappa shape index (κ3) is 3.93. The maximum Gasteiger partial charge on any atom is 0.150 e. The van der Waals surface area contributed by atoms with Gasteiger partial charge in [0.1, 0.15) is 6.29 Å². The SMILES string of the molecule is CC/C(=N\C=C(/C)Br)c1ccc(C=O)cc1C. The second-order valence-corrected chi connectivity index (χ2v) is 5.09. The number of benzene rings is 1. The third-order valence-corrected chi connectivity index (χ3v) is 2.64. The lowest BCUT2D eigenvalue weighted by Crippen LogP contribution is -2.02. The van der Waals surface area contributed by atoms with Crippen molar-refractivity contribution in [3.8, 4) is 0 Å². The molecule has 0 aromatic heterocycles. The minimum absolute atomic E-state index is 0.703. The number of nitrogens with zero attached hydrogens (tertiary/aromatic N) is 1. The Labute approximate surface area is 111 Å². The number of hydrogen-bond donors (Lipinski definition) is 0. The Balaban J connectivity index is 3.17. The molecular formula is C14H16BrNO. The van der Waals surface area contributed by atoms with E-state index in [9.17, 15) is 4.79 Å². The zero-order valence-corrected chi connectivity index (χ0v) is 11.9. The van der Waals surface area contributed by atoms with Gasteiger partial charge in [0.05, 0.1) is 0 Å². The molecule has 0 fully saturated rings. The Kier molecular flexibility index (Phi) is 5.29. The Bertz CT molecular complexity index is 471. The first kappa shape index (κ1) is 13.8. The summed E-state index contributed by atoms with van der Waals surface area (Å²) >= 11 is 3.35. The first-order valence-corrected chi connectivity index (χ1v) is 6.33. The van der Waals surface area contributed by atoms with Crippen LogP contribution in [0.1, 0.15) is 41.8 Å². The molecule has 1 aromatic rings. The van der Waals surface area contributed by atoms with Crippen LogP contribution >= 0.6 is 15.9 Å². The molecule has 17 heavy (non-hydrogen) atoms. The first-order chi connectivity index (χ1) is 8.08. The van der Waals surface area contributed by atoms with Gasteiger partial charge in [-0.1, -0.05) is 35.0 Å². The second kappa shape index (κ2) is 6.50. The van der Waals surface area contributed by atoms with E-state index in [0.717, 1.165) is 34.0 Å². The zero-order valence-electron chi connectivity index (χ0n) is 10.3. The minimum atomic E-state index is 0.703. The molecule has 3 heteroatoms. The molecule has 0 heterocycles. The van der Waals surface area contributed by atoms with E-state index in [4.69, 9.17) is 0 Å². The van der Waals surface area contributed by atoms with Crippen molar-refractivity contribution in [2.75, 3.05) is 0 Å². The van der Waals surface area contributed by atoms with Crippen molar-refractivity contribution in [2.24, 2.45) is 4.99 Å². The Hall–Kier alpha value is -1.22. The van der Waals surface area contributed by atoms with Crippen LogP contribution in [0.25, 0.3) is 0 Å². The summed E-state index contributed by atoms with van der Waals surface area (Å²) < 4.78 is 0.991. The molecule has 1 rings (SSSR count). The van der Waals surface area contributed by atoms with Gasteiger partial charge in [-0.25, -0.2) is 0 Å². The van der Waals surface area contributed by atoms with E-state index in [1.165, 1.54) is 0 Å². The van der Waals surface area contributed by atoms with Crippen molar-refractivity contribution in [3.05, 3.63) is 45.6 Å². The van der Waals surface area contributed by atoms with E-state index in [0.29, 0.717) is 5.56 Å². The molecule has 0 amide bonds. The predicted octanol–water partition coefficient (Wildman–Crippen LogP) is 4.26. The highest BCUT2D eigenvalue weighted by molar-refractivity contribution is 9.11. The van der Waals surface area contributed by atoms with E-state index in [2.05, 4.69) is 27.8 Å². The molecule has 0 atom stereocenters. The van der Waals surface area contributed by atoms with Crippen LogP contribution in [0.5, 0.6) is 0 Å². The van der Waals surface area contributed by atoms with E-state index in [1.54, 1.807) is 6.20 Å². The van der Waals surface area contributed by atoms with Gasteiger partial charge in [0.15, 0.2) is 0 Å². The summed E-state index contributed by atoms with van der Waals surface area (Å²) in [6.07, 6.45) is 3.52. The van der Waals surface area contributed by atoms with Crippen LogP contribution in [0.3, 0.4) is 0 Å². The maximum atomic E-state index is 10.7. The summed E-state index contributed by atoms with van der Waals surface area (Å²) in [7, 11) is 0. The number of halogens is 1. The van der Waals surface area contributed by atoms with E-state index >= 15 is 0 Å². The maximum absolute atomic E-state index is 10.7. The number of allylic oxidation sites excluding steroid dienone is 1. The summed E-state index contributed by atoms with van der Waals surface area (Å²) in [6, 6.07) is 5.67. The van der Waals surface area contributed by atoms with Crippen molar-refractivity contribution in [2.45, 2.75) is 27.2 Å². The van der Waals surface area contributed by atoms with Gasteiger partial charge in [0, 0.05) is 22.0 Å². The van der Waals surface area contributed by atoms with Crippen LogP contribution in [-0.4, -0.2) is 12.0 Å². The number of aryl methyl sites for hydroxylation is 1. The summed E-state index contributed by atoms with van der Waals surface area (Å²) in [5.41, 5.74) is 3.91. The predicted molar refractivity (Wildman–Crippen MR) is 76.1 cm³/mol. The van der Waals surface area contributed by atoms with Gasteiger partial charge in [-0.3, -0.25) is 9.79 Å². The van der Waals surface area contributed by atoms with Crippen LogP contribution < -0.4 is 0 Å². The summed E-state index contributed by atoms with van der Waals surface area (Å²) in [5.74, 6) is 0. The lowest BCUT2D eigenvalue weighted by atomic mass is 10.00. The Morgan fingerprint density at radius 1 is 1.47 bits per heavy atom. The van der Waals surface area contributed by atoms with E-state index in [1.807, 2.05) is 32.0 Å². The average Bonchev–Trinajstić information content (AvgIpc) is 2.31. The van der Waals surface area contributed by atoms with Gasteiger partial charge >= 0.3 is 0 Å². The normalized spacial score (nSPS) is 12.7. The van der Waals surface area contributed by atoms with Gasteiger partial charge in [-0.05, 0) is 37.5 Å². The molecule has 1 aromatic carbocycles. The Morgan fingerprint density at radius 3 is 2.65 bits per heavy atom. The monoisotopic (exact) mass is 293 g/mol. The number of carbonyl (C=O) groups excluding carboxylic acids is 1. The molecule has 0 bridgehead atoms. The molecule has 0 saturated carbocycles. The van der Waals surface area contributed by atoms with Crippen LogP contribution in [-0.2, 0) is 0 Å². The van der Waals surface area contributed by atoms with Gasteiger partial charge in [-0.15, -0.1) is 0 Å². The molecule has 0 aliphatic heterocycles. The van der Waals surface area contributed by atoms with Crippen molar-refractivity contribution in [3.63, 3.8) is 0 Å². The third-order valence-electron chi connectivity index (χ3n) is 2.43. The fourth-order valence-electron chi connectivity index (χ4n) is 1.60. The summed E-state index contributed by atoms with van der Waals surface area (Å²) in [5, 5.41) is 0. The fraction of sp³-hybridized carbons (Fsp3) is 0.286. The van der Waals surface area contributed by atoms with E-state index in [-0.39, 0.29) is 0 Å². The summed E-state index contributed by atoms with van der Waals surface area (Å²) in [6.45, 7) is 6.01. The topological polar surface area (TPSA) is 29.4 Å². The van der Waals surface area contributed by atoms with Gasteiger partial charge < -0.3 is 0 Å². The lowest BCUT2D eigenvalue weighted by molar-refractivity contribution is 0.112. The van der Waals surface area contributed by atoms with Crippen molar-refractivity contribution in [1.82, 2.24) is 0 Å². The standard InChI is InChI=1S/C14H16BrNO/c1-4-14(16-8-11(3)15)13-6-5-12(9-17)7-10(13)2/h5-9H,4H2,1-3H3/b11-8+,16-14+. The molecule has 0 spiro atoms. The number of aliphatic imine (C=N–C) groups is 1. The highest BCUT2D eigenvalue weighted by Crippen LogP contribution is 2.14. The molecule has 0 unspecified atom stereocenters. The highest BCUT2D eigenvalue weighted by atomic mass is 79.9. The van der Waals surface area contributed by atoms with Gasteiger partial charge in [0.2, 0.25) is 0 Å². The number of rotatable bonds is 4. The van der Waals surface area contributed by atoms with E-state index < -0.39 is 0 Å². The average molecular weight is 294 g/mol. The zero-order chi connectivity index (χ0) is 12.8. The molecule has 0 aliphatic rings. The van der Waals surface area contributed by atoms with Crippen LogP contribution in [0.2, 0.25) is 0 Å². The van der Waals surface area contributed by atoms with Gasteiger partial charge in [-0.2, -0.15) is 0 Å². The minimum Gasteiger partial charge on any atom is -0.298 e. The second-order valence-electron chi connectivity index (χ2n) is 3.84. The number of carbonyl (C=O) groups is 1. The fourth-order valence-corrected chi connectivity index (χ4v) is 1.70. The number of hydrogen-bond acceptors (Lipinski definition) is 2. The molecule has 0 saturated heterocycles. The lowest BCUT2D eigenvalue weighted by Gasteiger charge is -2.07. The first-order valence-electron chi connectivity index (χ1n) is 5.53. The number of aldehydes is 1. The Morgan fingerprint density at radius 2 is 2.18 bits per heavy atom. The molecule has 90 valence electrons. The quantitative estimate of drug-likeness (QED) is 0.602. The van der Waals surface area contributed by atoms with Crippen molar-refractivity contribution < 1.29 is 4.79 Å². The molecule has 0 N–H and O–H groups in total. The van der Waals surface area contributed by atoms with Crippen LogP contribution in [0, 0.1) is 6.92 Å². The van der Waals surface area contributed by atoms with Gasteiger partial charge in [0.25, 0.3) is 0 Å².